The van der Waals surface area contributed by atoms with Crippen LogP contribution in [0.5, 0.6) is 0 Å². The third kappa shape index (κ3) is 3.68. The first kappa shape index (κ1) is 12.3. The number of hydrogen-bond acceptors (Lipinski definition) is 4. The van der Waals surface area contributed by atoms with Gasteiger partial charge in [0.05, 0.1) is 6.10 Å². The lowest BCUT2D eigenvalue weighted by atomic mass is 10.0. The minimum Gasteiger partial charge on any atom is -0.409 e. The first-order valence-electron chi connectivity index (χ1n) is 5.55. The Kier molecular flexibility index (Phi) is 4.84. The number of piperidine rings is 1. The molecule has 2 unspecified atom stereocenters. The van der Waals surface area contributed by atoms with Crippen LogP contribution in [0.15, 0.2) is 5.16 Å². The predicted molar refractivity (Wildman–Crippen MR) is 58.9 cm³/mol. The zero-order valence-corrected chi connectivity index (χ0v) is 9.26. The van der Waals surface area contributed by atoms with E-state index < -0.39 is 0 Å². The van der Waals surface area contributed by atoms with Crippen molar-refractivity contribution in [3.8, 4) is 0 Å². The molecule has 0 amide bonds. The summed E-state index contributed by atoms with van der Waals surface area (Å²) in [5, 5.41) is 21.1. The number of nitrogens with zero attached hydrogens (tertiary/aromatic N) is 2. The molecule has 1 saturated heterocycles. The summed E-state index contributed by atoms with van der Waals surface area (Å²) in [6, 6.07) is 0.274. The van der Waals surface area contributed by atoms with Gasteiger partial charge in [-0.05, 0) is 25.8 Å². The summed E-state index contributed by atoms with van der Waals surface area (Å²) in [4.78, 5) is 2.23. The van der Waals surface area contributed by atoms with Crippen LogP contribution >= 0.6 is 0 Å². The SMILES string of the molecule is CCC(C/C(N)=N/O)N1CCCC(O)C1. The summed E-state index contributed by atoms with van der Waals surface area (Å²) in [7, 11) is 0. The molecule has 1 fully saturated rings. The molecule has 1 heterocycles. The lowest BCUT2D eigenvalue weighted by Crippen LogP contribution is -2.45. The first-order valence-corrected chi connectivity index (χ1v) is 5.55. The van der Waals surface area contributed by atoms with Gasteiger partial charge in [-0.15, -0.1) is 0 Å². The predicted octanol–water partition coefficient (Wildman–Crippen LogP) is 0.358. The van der Waals surface area contributed by atoms with E-state index in [9.17, 15) is 5.11 Å². The second kappa shape index (κ2) is 5.92. The highest BCUT2D eigenvalue weighted by atomic mass is 16.4. The van der Waals surface area contributed by atoms with Crippen molar-refractivity contribution in [3.63, 3.8) is 0 Å². The fourth-order valence-corrected chi connectivity index (χ4v) is 2.13. The molecule has 0 bridgehead atoms. The molecule has 1 aliphatic rings. The lowest BCUT2D eigenvalue weighted by molar-refractivity contribution is 0.0467. The van der Waals surface area contributed by atoms with Gasteiger partial charge in [0.25, 0.3) is 0 Å². The fourth-order valence-electron chi connectivity index (χ4n) is 2.13. The Hall–Kier alpha value is -0.810. The number of aliphatic hydroxyl groups is 1. The summed E-state index contributed by atoms with van der Waals surface area (Å²) >= 11 is 0. The fraction of sp³-hybridized carbons (Fsp3) is 0.900. The van der Waals surface area contributed by atoms with Gasteiger partial charge in [-0.3, -0.25) is 4.90 Å². The van der Waals surface area contributed by atoms with E-state index >= 15 is 0 Å². The Morgan fingerprint density at radius 3 is 2.93 bits per heavy atom. The van der Waals surface area contributed by atoms with Crippen molar-refractivity contribution < 1.29 is 10.3 Å². The molecule has 4 N–H and O–H groups in total. The highest BCUT2D eigenvalue weighted by Gasteiger charge is 2.24. The normalized spacial score (nSPS) is 26.5. The molecule has 0 spiro atoms. The molecular formula is C10H21N3O2. The van der Waals surface area contributed by atoms with Gasteiger partial charge in [0, 0.05) is 19.0 Å². The number of amidine groups is 1. The molecule has 88 valence electrons. The van der Waals surface area contributed by atoms with Crippen LogP contribution < -0.4 is 5.73 Å². The average Bonchev–Trinajstić information content (AvgIpc) is 2.25. The highest BCUT2D eigenvalue weighted by molar-refractivity contribution is 5.80. The van der Waals surface area contributed by atoms with Crippen LogP contribution in [-0.4, -0.2) is 46.3 Å². The molecule has 1 rings (SSSR count). The largest absolute Gasteiger partial charge is 0.409 e. The smallest absolute Gasteiger partial charge is 0.140 e. The molecule has 1 aliphatic heterocycles. The van der Waals surface area contributed by atoms with Gasteiger partial charge in [-0.1, -0.05) is 12.1 Å². The third-order valence-electron chi connectivity index (χ3n) is 2.99. The number of hydrogen-bond donors (Lipinski definition) is 3. The summed E-state index contributed by atoms with van der Waals surface area (Å²) < 4.78 is 0. The van der Waals surface area contributed by atoms with Crippen LogP contribution in [0.4, 0.5) is 0 Å². The Morgan fingerprint density at radius 1 is 1.67 bits per heavy atom. The van der Waals surface area contributed by atoms with Gasteiger partial charge in [-0.25, -0.2) is 0 Å². The Morgan fingerprint density at radius 2 is 2.40 bits per heavy atom. The maximum atomic E-state index is 9.56. The highest BCUT2D eigenvalue weighted by Crippen LogP contribution is 2.16. The van der Waals surface area contributed by atoms with E-state index in [0.29, 0.717) is 13.0 Å². The van der Waals surface area contributed by atoms with Gasteiger partial charge in [0.1, 0.15) is 5.84 Å². The zero-order chi connectivity index (χ0) is 11.3. The van der Waals surface area contributed by atoms with Crippen molar-refractivity contribution in [2.75, 3.05) is 13.1 Å². The second-order valence-corrected chi connectivity index (χ2v) is 4.15. The van der Waals surface area contributed by atoms with Crippen LogP contribution in [0.2, 0.25) is 0 Å². The van der Waals surface area contributed by atoms with Crippen LogP contribution in [0.3, 0.4) is 0 Å². The number of aliphatic hydroxyl groups excluding tert-OH is 1. The van der Waals surface area contributed by atoms with E-state index in [1.807, 2.05) is 0 Å². The van der Waals surface area contributed by atoms with Crippen LogP contribution in [0.25, 0.3) is 0 Å². The maximum Gasteiger partial charge on any atom is 0.140 e. The molecule has 2 atom stereocenters. The van der Waals surface area contributed by atoms with Gasteiger partial charge in [-0.2, -0.15) is 0 Å². The summed E-state index contributed by atoms with van der Waals surface area (Å²) in [5.41, 5.74) is 5.50. The van der Waals surface area contributed by atoms with E-state index in [0.717, 1.165) is 25.8 Å². The van der Waals surface area contributed by atoms with Crippen molar-refractivity contribution in [2.24, 2.45) is 10.9 Å². The number of oxime groups is 1. The minimum atomic E-state index is -0.222. The standard InChI is InChI=1S/C10H21N3O2/c1-2-8(6-10(11)12-15)13-5-3-4-9(14)7-13/h8-9,14-15H,2-7H2,1H3,(H2,11,12). The second-order valence-electron chi connectivity index (χ2n) is 4.15. The number of nitrogens with two attached hydrogens (primary N) is 1. The number of rotatable bonds is 4. The van der Waals surface area contributed by atoms with Crippen LogP contribution in [-0.2, 0) is 0 Å². The van der Waals surface area contributed by atoms with Gasteiger partial charge < -0.3 is 16.0 Å². The van der Waals surface area contributed by atoms with E-state index in [4.69, 9.17) is 10.9 Å². The van der Waals surface area contributed by atoms with E-state index in [1.54, 1.807) is 0 Å². The Labute approximate surface area is 90.6 Å². The van der Waals surface area contributed by atoms with Crippen LogP contribution in [0, 0.1) is 0 Å². The Balaban J connectivity index is 2.49. The van der Waals surface area contributed by atoms with Gasteiger partial charge >= 0.3 is 0 Å². The maximum absolute atomic E-state index is 9.56. The van der Waals surface area contributed by atoms with Crippen molar-refractivity contribution in [1.82, 2.24) is 4.90 Å². The first-order chi connectivity index (χ1) is 7.17. The average molecular weight is 215 g/mol. The van der Waals surface area contributed by atoms with Crippen LogP contribution in [0.1, 0.15) is 32.6 Å². The van der Waals surface area contributed by atoms with Crippen molar-refractivity contribution >= 4 is 5.84 Å². The monoisotopic (exact) mass is 215 g/mol. The third-order valence-corrected chi connectivity index (χ3v) is 2.99. The lowest BCUT2D eigenvalue weighted by Gasteiger charge is -2.36. The molecule has 5 heteroatoms. The summed E-state index contributed by atoms with van der Waals surface area (Å²) in [6.07, 6.45) is 3.20. The summed E-state index contributed by atoms with van der Waals surface area (Å²) in [5.74, 6) is 0.266. The molecule has 0 saturated carbocycles. The number of likely N-dealkylation sites (tertiary alicyclic amines) is 1. The molecule has 0 aromatic carbocycles. The van der Waals surface area contributed by atoms with E-state index in [2.05, 4.69) is 17.0 Å². The Bertz CT molecular complexity index is 221. The molecular weight excluding hydrogens is 194 g/mol. The topological polar surface area (TPSA) is 82.1 Å². The molecule has 0 radical (unpaired) electrons. The minimum absolute atomic E-state index is 0.222. The van der Waals surface area contributed by atoms with E-state index in [1.165, 1.54) is 0 Å². The zero-order valence-electron chi connectivity index (χ0n) is 9.26. The van der Waals surface area contributed by atoms with Crippen molar-refractivity contribution in [1.29, 1.82) is 0 Å². The van der Waals surface area contributed by atoms with Gasteiger partial charge in [0.15, 0.2) is 0 Å². The van der Waals surface area contributed by atoms with Crippen molar-refractivity contribution in [2.45, 2.75) is 44.8 Å². The molecule has 5 nitrogen and oxygen atoms in total. The molecule has 0 aromatic heterocycles. The van der Waals surface area contributed by atoms with Gasteiger partial charge in [0.2, 0.25) is 0 Å². The number of β-amino-alcohol motifs (C(OH)–C–C–N with tert-alkyl or cyclic N) is 1. The van der Waals surface area contributed by atoms with E-state index in [-0.39, 0.29) is 18.0 Å². The molecule has 15 heavy (non-hydrogen) atoms. The van der Waals surface area contributed by atoms with Crippen molar-refractivity contribution in [3.05, 3.63) is 0 Å². The molecule has 0 aromatic rings. The quantitative estimate of drug-likeness (QED) is 0.274. The molecule has 0 aliphatic carbocycles. The summed E-state index contributed by atoms with van der Waals surface area (Å²) in [6.45, 7) is 3.78.